The molecule has 65 heavy (non-hydrogen) atoms. The highest BCUT2D eigenvalue weighted by Gasteiger charge is 2.21. The SMILES string of the molecule is c1ccc(-c2ccc(N(c3ccccc3)c3cccc(N(c4ccc5c(c4)oc4ccc(N(c6ccccc6)c6ccccc6)cc45)c4ccc5sc6ccccc6c5c4)c3)cc2)cc1. The highest BCUT2D eigenvalue weighted by atomic mass is 32.1. The van der Waals surface area contributed by atoms with Crippen molar-refractivity contribution in [1.29, 1.82) is 0 Å². The van der Waals surface area contributed by atoms with E-state index in [1.807, 2.05) is 11.3 Å². The van der Waals surface area contributed by atoms with E-state index < -0.39 is 0 Å². The number of anilines is 9. The number of hydrogen-bond acceptors (Lipinski definition) is 5. The van der Waals surface area contributed by atoms with E-state index in [1.54, 1.807) is 0 Å². The van der Waals surface area contributed by atoms with Crippen molar-refractivity contribution in [3.63, 3.8) is 0 Å². The summed E-state index contributed by atoms with van der Waals surface area (Å²) in [4.78, 5) is 6.99. The standard InChI is InChI=1S/C60H41N3OS/c1-5-16-42(17-6-1)43-28-30-47(31-29-43)62(46-22-11-4-12-23-46)48-24-15-25-49(38-48)63(51-34-37-60-56(40-51)54-26-13-14-27-59(54)65-60)52-32-35-53-55-39-50(33-36-57(55)64-58(53)41-52)61(44-18-7-2-8-19-44)45-20-9-3-10-21-45/h1-41H. The first kappa shape index (κ1) is 38.3. The van der Waals surface area contributed by atoms with Gasteiger partial charge in [0.15, 0.2) is 0 Å². The molecule has 0 saturated carbocycles. The molecule has 12 rings (SSSR count). The minimum Gasteiger partial charge on any atom is -0.456 e. The molecular weight excluding hydrogens is 811 g/mol. The lowest BCUT2D eigenvalue weighted by Crippen LogP contribution is -2.13. The van der Waals surface area contributed by atoms with E-state index in [9.17, 15) is 0 Å². The lowest BCUT2D eigenvalue weighted by atomic mass is 10.0. The van der Waals surface area contributed by atoms with Crippen molar-refractivity contribution in [3.05, 3.63) is 249 Å². The molecule has 0 spiro atoms. The zero-order valence-electron chi connectivity index (χ0n) is 35.3. The summed E-state index contributed by atoms with van der Waals surface area (Å²) in [5, 5.41) is 4.64. The number of thiophene rings is 1. The summed E-state index contributed by atoms with van der Waals surface area (Å²) in [6.45, 7) is 0. The Kier molecular flexibility index (Phi) is 9.66. The Morgan fingerprint density at radius 2 is 0.677 bits per heavy atom. The molecule has 0 unspecified atom stereocenters. The summed E-state index contributed by atoms with van der Waals surface area (Å²) in [5.74, 6) is 0. The summed E-state index contributed by atoms with van der Waals surface area (Å²) >= 11 is 1.84. The van der Waals surface area contributed by atoms with Crippen molar-refractivity contribution in [2.24, 2.45) is 0 Å². The topological polar surface area (TPSA) is 22.9 Å². The van der Waals surface area contributed by atoms with Crippen LogP contribution in [0.1, 0.15) is 0 Å². The van der Waals surface area contributed by atoms with Crippen molar-refractivity contribution < 1.29 is 4.42 Å². The van der Waals surface area contributed by atoms with Gasteiger partial charge in [0.25, 0.3) is 0 Å². The third kappa shape index (κ3) is 7.14. The van der Waals surface area contributed by atoms with Gasteiger partial charge in [-0.25, -0.2) is 0 Å². The number of furan rings is 1. The van der Waals surface area contributed by atoms with Gasteiger partial charge in [-0.1, -0.05) is 121 Å². The van der Waals surface area contributed by atoms with Crippen molar-refractivity contribution in [2.75, 3.05) is 14.7 Å². The average Bonchev–Trinajstić information content (AvgIpc) is 3.93. The second-order valence-electron chi connectivity index (χ2n) is 16.2. The molecule has 308 valence electrons. The molecule has 0 atom stereocenters. The van der Waals surface area contributed by atoms with Crippen LogP contribution in [0.25, 0.3) is 53.2 Å². The fourth-order valence-electron chi connectivity index (χ4n) is 9.16. The van der Waals surface area contributed by atoms with Crippen molar-refractivity contribution in [3.8, 4) is 11.1 Å². The summed E-state index contributed by atoms with van der Waals surface area (Å²) in [6, 6.07) is 88.6. The minimum absolute atomic E-state index is 0.827. The molecule has 0 saturated heterocycles. The van der Waals surface area contributed by atoms with Crippen LogP contribution in [0.3, 0.4) is 0 Å². The molecule has 10 aromatic carbocycles. The molecule has 0 aliphatic carbocycles. The third-order valence-corrected chi connectivity index (χ3v) is 13.3. The summed E-state index contributed by atoms with van der Waals surface area (Å²) in [6.07, 6.45) is 0. The summed E-state index contributed by atoms with van der Waals surface area (Å²) < 4.78 is 9.29. The largest absolute Gasteiger partial charge is 0.456 e. The molecule has 2 heterocycles. The number of para-hydroxylation sites is 3. The Balaban J connectivity index is 0.999. The third-order valence-electron chi connectivity index (χ3n) is 12.2. The Hall–Kier alpha value is -8.38. The van der Waals surface area contributed by atoms with Gasteiger partial charge in [-0.2, -0.15) is 0 Å². The van der Waals surface area contributed by atoms with Gasteiger partial charge in [0.1, 0.15) is 11.2 Å². The molecule has 0 fully saturated rings. The fraction of sp³-hybridized carbons (Fsp3) is 0. The van der Waals surface area contributed by atoms with E-state index in [4.69, 9.17) is 4.42 Å². The van der Waals surface area contributed by atoms with E-state index >= 15 is 0 Å². The molecule has 0 aliphatic heterocycles. The number of rotatable bonds is 10. The quantitative estimate of drug-likeness (QED) is 0.137. The zero-order chi connectivity index (χ0) is 43.1. The van der Waals surface area contributed by atoms with Gasteiger partial charge in [0.05, 0.1) is 0 Å². The first-order valence-corrected chi connectivity index (χ1v) is 22.7. The highest BCUT2D eigenvalue weighted by Crippen LogP contribution is 2.45. The number of fused-ring (bicyclic) bond motifs is 6. The van der Waals surface area contributed by atoms with Gasteiger partial charge in [-0.05, 0) is 132 Å². The van der Waals surface area contributed by atoms with Crippen molar-refractivity contribution in [2.45, 2.75) is 0 Å². The van der Waals surface area contributed by atoms with Gasteiger partial charge in [-0.15, -0.1) is 11.3 Å². The summed E-state index contributed by atoms with van der Waals surface area (Å²) in [7, 11) is 0. The molecule has 0 amide bonds. The lowest BCUT2D eigenvalue weighted by Gasteiger charge is -2.29. The van der Waals surface area contributed by atoms with Crippen LogP contribution in [0.4, 0.5) is 51.2 Å². The van der Waals surface area contributed by atoms with Gasteiger partial charge in [0, 0.05) is 88.2 Å². The van der Waals surface area contributed by atoms with E-state index in [-0.39, 0.29) is 0 Å². The van der Waals surface area contributed by atoms with Gasteiger partial charge < -0.3 is 19.1 Å². The molecular formula is C60H41N3OS. The molecule has 0 N–H and O–H groups in total. The second-order valence-corrected chi connectivity index (χ2v) is 17.3. The van der Waals surface area contributed by atoms with Crippen LogP contribution in [0.15, 0.2) is 253 Å². The monoisotopic (exact) mass is 851 g/mol. The van der Waals surface area contributed by atoms with Crippen LogP contribution < -0.4 is 14.7 Å². The maximum Gasteiger partial charge on any atom is 0.137 e. The molecule has 12 aromatic rings. The van der Waals surface area contributed by atoms with Crippen LogP contribution in [-0.4, -0.2) is 0 Å². The smallest absolute Gasteiger partial charge is 0.137 e. The lowest BCUT2D eigenvalue weighted by molar-refractivity contribution is 0.669. The normalized spacial score (nSPS) is 11.4. The molecule has 5 heteroatoms. The maximum atomic E-state index is 6.74. The minimum atomic E-state index is 0.827. The zero-order valence-corrected chi connectivity index (χ0v) is 36.1. The van der Waals surface area contributed by atoms with Crippen LogP contribution >= 0.6 is 11.3 Å². The predicted molar refractivity (Wildman–Crippen MR) is 276 cm³/mol. The first-order chi connectivity index (χ1) is 32.2. The van der Waals surface area contributed by atoms with E-state index in [0.717, 1.165) is 73.1 Å². The van der Waals surface area contributed by atoms with Gasteiger partial charge in [0.2, 0.25) is 0 Å². The Morgan fingerprint density at radius 1 is 0.246 bits per heavy atom. The summed E-state index contributed by atoms with van der Waals surface area (Å²) in [5.41, 5.74) is 13.6. The Labute approximate surface area is 381 Å². The van der Waals surface area contributed by atoms with Gasteiger partial charge in [-0.3, -0.25) is 0 Å². The molecule has 4 nitrogen and oxygen atoms in total. The molecule has 0 radical (unpaired) electrons. The Morgan fingerprint density at radius 3 is 1.32 bits per heavy atom. The Bertz CT molecular complexity index is 3570. The number of benzene rings is 10. The van der Waals surface area contributed by atoms with E-state index in [0.29, 0.717) is 0 Å². The number of nitrogens with zero attached hydrogens (tertiary/aromatic N) is 3. The molecule has 0 aliphatic rings. The van der Waals surface area contributed by atoms with Crippen LogP contribution in [0.2, 0.25) is 0 Å². The van der Waals surface area contributed by atoms with Crippen LogP contribution in [-0.2, 0) is 0 Å². The van der Waals surface area contributed by atoms with Crippen molar-refractivity contribution in [1.82, 2.24) is 0 Å². The molecule has 0 bridgehead atoms. The van der Waals surface area contributed by atoms with Crippen LogP contribution in [0, 0.1) is 0 Å². The van der Waals surface area contributed by atoms with E-state index in [1.165, 1.54) is 31.3 Å². The second kappa shape index (κ2) is 16.4. The number of hydrogen-bond donors (Lipinski definition) is 0. The first-order valence-electron chi connectivity index (χ1n) is 21.9. The van der Waals surface area contributed by atoms with Crippen LogP contribution in [0.5, 0.6) is 0 Å². The highest BCUT2D eigenvalue weighted by molar-refractivity contribution is 7.25. The fourth-order valence-corrected chi connectivity index (χ4v) is 10.2. The predicted octanol–water partition coefficient (Wildman–Crippen LogP) is 18.0. The average molecular weight is 852 g/mol. The van der Waals surface area contributed by atoms with Crippen molar-refractivity contribution >= 4 is 105 Å². The maximum absolute atomic E-state index is 6.74. The van der Waals surface area contributed by atoms with E-state index in [2.05, 4.69) is 263 Å². The van der Waals surface area contributed by atoms with Gasteiger partial charge >= 0.3 is 0 Å². The molecule has 2 aromatic heterocycles.